The van der Waals surface area contributed by atoms with Crippen LogP contribution in [0.25, 0.3) is 0 Å². The molecular formula is C14H24O5Si. The van der Waals surface area contributed by atoms with E-state index in [0.717, 1.165) is 0 Å². The van der Waals surface area contributed by atoms with Crippen LogP contribution in [0.15, 0.2) is 0 Å². The van der Waals surface area contributed by atoms with Crippen molar-refractivity contribution in [2.24, 2.45) is 0 Å². The highest BCUT2D eigenvalue weighted by atomic mass is 28.3. The van der Waals surface area contributed by atoms with Gasteiger partial charge in [-0.2, -0.15) is 0 Å². The number of hydrogen-bond donors (Lipinski definition) is 0. The van der Waals surface area contributed by atoms with Crippen molar-refractivity contribution in [3.05, 3.63) is 0 Å². The van der Waals surface area contributed by atoms with Crippen LogP contribution >= 0.6 is 0 Å². The summed E-state index contributed by atoms with van der Waals surface area (Å²) in [6, 6.07) is 0. The lowest BCUT2D eigenvalue weighted by molar-refractivity contribution is -0.255. The summed E-state index contributed by atoms with van der Waals surface area (Å²) in [5.41, 5.74) is -0.587. The smallest absolute Gasteiger partial charge is 0.187 e. The number of fused-ring (bicyclic) bond motifs is 2. The van der Waals surface area contributed by atoms with E-state index in [4.69, 9.17) is 18.9 Å². The Kier molecular flexibility index (Phi) is 3.03. The number of carbonyl (C=O) groups is 1. The molecule has 0 amide bonds. The van der Waals surface area contributed by atoms with Gasteiger partial charge in [0.2, 0.25) is 0 Å². The van der Waals surface area contributed by atoms with Gasteiger partial charge in [0.1, 0.15) is 12.2 Å². The fourth-order valence-corrected chi connectivity index (χ4v) is 6.32. The standard InChI is InChI=1S/C14H24O5Si/c1-13(2)17-10-11(18-13)14(19-12(10)16-3)8(15)7-9(14)20(4,5)6/h9-12H,7H2,1-6H3/t9?,10-,11?,12?,14-/m0/s1. The van der Waals surface area contributed by atoms with E-state index >= 15 is 0 Å². The summed E-state index contributed by atoms with van der Waals surface area (Å²) in [5, 5.41) is 0. The number of ketones is 1. The second-order valence-electron chi connectivity index (χ2n) is 7.58. The van der Waals surface area contributed by atoms with E-state index in [0.29, 0.717) is 6.42 Å². The van der Waals surface area contributed by atoms with Gasteiger partial charge in [0.25, 0.3) is 0 Å². The summed E-state index contributed by atoms with van der Waals surface area (Å²) < 4.78 is 23.4. The van der Waals surface area contributed by atoms with Crippen molar-refractivity contribution in [1.29, 1.82) is 0 Å². The number of carbonyl (C=O) groups excluding carboxylic acids is 1. The molecule has 1 aliphatic carbocycles. The van der Waals surface area contributed by atoms with Crippen LogP contribution < -0.4 is 0 Å². The van der Waals surface area contributed by atoms with E-state index in [1.165, 1.54) is 0 Å². The zero-order valence-corrected chi connectivity index (χ0v) is 14.1. The highest BCUT2D eigenvalue weighted by Gasteiger charge is 2.74. The predicted octanol–water partition coefficient (Wildman–Crippen LogP) is 1.93. The second kappa shape index (κ2) is 4.13. The molecule has 0 aromatic carbocycles. The van der Waals surface area contributed by atoms with Crippen molar-refractivity contribution in [3.8, 4) is 0 Å². The first-order chi connectivity index (χ1) is 9.12. The van der Waals surface area contributed by atoms with Crippen LogP contribution in [0.1, 0.15) is 20.3 Å². The number of methoxy groups -OCH3 is 1. The minimum absolute atomic E-state index is 0.140. The summed E-state index contributed by atoms with van der Waals surface area (Å²) in [7, 11) is 0.0469. The normalized spacial score (nSPS) is 46.6. The van der Waals surface area contributed by atoms with Crippen LogP contribution in [0, 0.1) is 0 Å². The minimum Gasteiger partial charge on any atom is -0.353 e. The minimum atomic E-state index is -1.54. The molecule has 1 saturated carbocycles. The van der Waals surface area contributed by atoms with Gasteiger partial charge in [-0.05, 0) is 19.4 Å². The fourth-order valence-electron chi connectivity index (χ4n) is 3.84. The van der Waals surface area contributed by atoms with Crippen LogP contribution in [-0.2, 0) is 23.7 Å². The summed E-state index contributed by atoms with van der Waals surface area (Å²) in [4.78, 5) is 12.4. The Bertz CT molecular complexity index is 443. The molecule has 1 spiro atoms. The number of hydrogen-bond acceptors (Lipinski definition) is 5. The fraction of sp³-hybridized carbons (Fsp3) is 0.929. The molecule has 3 rings (SSSR count). The van der Waals surface area contributed by atoms with Gasteiger partial charge >= 0.3 is 0 Å². The molecule has 5 nitrogen and oxygen atoms in total. The van der Waals surface area contributed by atoms with Crippen LogP contribution in [0.5, 0.6) is 0 Å². The summed E-state index contributed by atoms with van der Waals surface area (Å²) in [6.45, 7) is 10.6. The van der Waals surface area contributed by atoms with Crippen molar-refractivity contribution < 1.29 is 23.7 Å². The Morgan fingerprint density at radius 1 is 1.20 bits per heavy atom. The first kappa shape index (κ1) is 14.7. The third-order valence-corrected chi connectivity index (χ3v) is 7.48. The lowest BCUT2D eigenvalue weighted by Gasteiger charge is -2.52. The Hall–Kier alpha value is -0.273. The Morgan fingerprint density at radius 3 is 2.35 bits per heavy atom. The first-order valence-electron chi connectivity index (χ1n) is 7.21. The van der Waals surface area contributed by atoms with E-state index < -0.39 is 25.8 Å². The molecule has 3 aliphatic rings. The molecule has 3 unspecified atom stereocenters. The van der Waals surface area contributed by atoms with Crippen molar-refractivity contribution in [2.45, 2.75) is 75.3 Å². The van der Waals surface area contributed by atoms with Crippen LogP contribution in [0.3, 0.4) is 0 Å². The van der Waals surface area contributed by atoms with Gasteiger partial charge in [0.05, 0.1) is 8.07 Å². The quantitative estimate of drug-likeness (QED) is 0.729. The highest BCUT2D eigenvalue weighted by Crippen LogP contribution is 2.59. The van der Waals surface area contributed by atoms with E-state index in [2.05, 4.69) is 19.6 Å². The first-order valence-corrected chi connectivity index (χ1v) is 10.8. The molecule has 2 aliphatic heterocycles. The van der Waals surface area contributed by atoms with Gasteiger partial charge in [-0.25, -0.2) is 0 Å². The molecule has 20 heavy (non-hydrogen) atoms. The number of ether oxygens (including phenoxy) is 4. The van der Waals surface area contributed by atoms with Crippen molar-refractivity contribution >= 4 is 13.9 Å². The number of rotatable bonds is 2. The molecule has 0 aromatic heterocycles. The molecule has 0 bridgehead atoms. The van der Waals surface area contributed by atoms with Gasteiger partial charge in [-0.15, -0.1) is 0 Å². The van der Waals surface area contributed by atoms with Gasteiger partial charge in [0.15, 0.2) is 23.5 Å². The van der Waals surface area contributed by atoms with Gasteiger partial charge in [0, 0.05) is 13.5 Å². The predicted molar refractivity (Wildman–Crippen MR) is 75.2 cm³/mol. The third-order valence-electron chi connectivity index (χ3n) is 4.75. The summed E-state index contributed by atoms with van der Waals surface area (Å²) in [6.07, 6.45) is -0.595. The molecule has 2 saturated heterocycles. The van der Waals surface area contributed by atoms with Gasteiger partial charge < -0.3 is 18.9 Å². The molecule has 0 N–H and O–H groups in total. The lowest BCUT2D eigenvalue weighted by atomic mass is 9.73. The molecule has 5 atom stereocenters. The number of Topliss-reactive ketones (excluding diaryl/α,β-unsaturated/α-hetero) is 1. The molecular weight excluding hydrogens is 276 g/mol. The molecule has 6 heteroatoms. The maximum absolute atomic E-state index is 12.4. The molecule has 2 heterocycles. The summed E-state index contributed by atoms with van der Waals surface area (Å²) >= 11 is 0. The maximum Gasteiger partial charge on any atom is 0.187 e. The SMILES string of the molecule is COC1O[C@]2(C(=O)CC2[Si](C)(C)C)C2OC(C)(C)O[C@H]12. The lowest BCUT2D eigenvalue weighted by Crippen LogP contribution is -2.66. The molecule has 0 aromatic rings. The molecule has 0 radical (unpaired) electrons. The molecule has 3 fully saturated rings. The van der Waals surface area contributed by atoms with Crippen molar-refractivity contribution in [1.82, 2.24) is 0 Å². The second-order valence-corrected chi connectivity index (χ2v) is 13.0. The Morgan fingerprint density at radius 2 is 1.85 bits per heavy atom. The van der Waals surface area contributed by atoms with E-state index in [9.17, 15) is 4.79 Å². The Labute approximate surface area is 120 Å². The van der Waals surface area contributed by atoms with Crippen LogP contribution in [0.2, 0.25) is 25.2 Å². The average Bonchev–Trinajstić information content (AvgIpc) is 2.76. The van der Waals surface area contributed by atoms with E-state index in [1.807, 2.05) is 13.8 Å². The third kappa shape index (κ3) is 1.78. The zero-order valence-electron chi connectivity index (χ0n) is 13.1. The topological polar surface area (TPSA) is 54.0 Å². The largest absolute Gasteiger partial charge is 0.353 e. The molecule has 114 valence electrons. The van der Waals surface area contributed by atoms with Crippen molar-refractivity contribution in [2.75, 3.05) is 7.11 Å². The highest BCUT2D eigenvalue weighted by molar-refractivity contribution is 6.79. The van der Waals surface area contributed by atoms with Crippen molar-refractivity contribution in [3.63, 3.8) is 0 Å². The zero-order chi connectivity index (χ0) is 14.9. The van der Waals surface area contributed by atoms with E-state index in [1.54, 1.807) is 7.11 Å². The van der Waals surface area contributed by atoms with E-state index in [-0.39, 0.29) is 23.5 Å². The van der Waals surface area contributed by atoms with Crippen LogP contribution in [-0.4, -0.2) is 50.9 Å². The maximum atomic E-state index is 12.4. The van der Waals surface area contributed by atoms with Gasteiger partial charge in [-0.1, -0.05) is 19.6 Å². The van der Waals surface area contributed by atoms with Gasteiger partial charge in [-0.3, -0.25) is 4.79 Å². The Balaban J connectivity index is 1.99. The monoisotopic (exact) mass is 300 g/mol. The average molecular weight is 300 g/mol. The summed E-state index contributed by atoms with van der Waals surface area (Å²) in [5.74, 6) is -0.552. The van der Waals surface area contributed by atoms with Crippen LogP contribution in [0.4, 0.5) is 0 Å².